The summed E-state index contributed by atoms with van der Waals surface area (Å²) in [5.41, 5.74) is 2.84. The lowest BCUT2D eigenvalue weighted by atomic mass is 10.1. The van der Waals surface area contributed by atoms with Gasteiger partial charge in [0.15, 0.2) is 0 Å². The van der Waals surface area contributed by atoms with Crippen molar-refractivity contribution in [2.75, 3.05) is 0 Å². The number of nitrogens with zero attached hydrogens (tertiary/aromatic N) is 2. The van der Waals surface area contributed by atoms with Crippen molar-refractivity contribution in [3.63, 3.8) is 0 Å². The number of hydrogen-bond donors (Lipinski definition) is 1. The summed E-state index contributed by atoms with van der Waals surface area (Å²) in [6.07, 6.45) is 5.64. The first-order valence-corrected chi connectivity index (χ1v) is 7.70. The summed E-state index contributed by atoms with van der Waals surface area (Å²) < 4.78 is 15.8. The zero-order valence-corrected chi connectivity index (χ0v) is 12.5. The predicted octanol–water partition coefficient (Wildman–Crippen LogP) is 3.12. The third kappa shape index (κ3) is 2.82. The van der Waals surface area contributed by atoms with Crippen LogP contribution in [-0.2, 0) is 11.3 Å². The second-order valence-corrected chi connectivity index (χ2v) is 5.89. The molecule has 1 aromatic carbocycles. The third-order valence-corrected chi connectivity index (χ3v) is 4.06. The molecule has 0 saturated heterocycles. The lowest BCUT2D eigenvalue weighted by Gasteiger charge is -2.08. The van der Waals surface area contributed by atoms with Crippen molar-refractivity contribution in [3.05, 3.63) is 54.6 Å². The van der Waals surface area contributed by atoms with Gasteiger partial charge in [0.1, 0.15) is 12.4 Å². The molecule has 0 bridgehead atoms. The maximum absolute atomic E-state index is 14.0. The van der Waals surface area contributed by atoms with E-state index < -0.39 is 0 Å². The van der Waals surface area contributed by atoms with E-state index in [0.717, 1.165) is 23.9 Å². The topological polar surface area (TPSA) is 46.9 Å². The highest BCUT2D eigenvalue weighted by atomic mass is 19.1. The molecule has 0 aliphatic heterocycles. The molecule has 2 aromatic heterocycles. The molecule has 4 nitrogen and oxygen atoms in total. The summed E-state index contributed by atoms with van der Waals surface area (Å²) in [4.78, 5) is 16.4. The molecule has 1 aliphatic rings. The number of nitrogens with one attached hydrogen (secondary N) is 1. The van der Waals surface area contributed by atoms with Gasteiger partial charge in [-0.2, -0.15) is 0 Å². The molecule has 3 aromatic rings. The number of halogens is 1. The van der Waals surface area contributed by atoms with Crippen LogP contribution >= 0.6 is 0 Å². The van der Waals surface area contributed by atoms with Crippen molar-refractivity contribution in [1.82, 2.24) is 14.9 Å². The van der Waals surface area contributed by atoms with E-state index in [1.165, 1.54) is 6.07 Å². The fraction of sp³-hybridized carbons (Fsp3) is 0.222. The molecular formula is C18H16FN3O. The molecule has 2 heterocycles. The van der Waals surface area contributed by atoms with Crippen LogP contribution in [0.25, 0.3) is 22.2 Å². The molecule has 1 N–H and O–H groups in total. The molecule has 4 rings (SSSR count). The van der Waals surface area contributed by atoms with Crippen molar-refractivity contribution in [2.45, 2.75) is 25.4 Å². The zero-order chi connectivity index (χ0) is 15.8. The van der Waals surface area contributed by atoms with Gasteiger partial charge in [0, 0.05) is 29.6 Å². The standard InChI is InChI=1S/C18H16FN3O/c19-15-4-2-1-3-14(15)12-9-17-16(20-10-12)7-8-22(17)11-18(23)21-13-5-6-13/h1-4,7-10,13H,5-6,11H2,(H,21,23). The average molecular weight is 309 g/mol. The number of amides is 1. The van der Waals surface area contributed by atoms with Gasteiger partial charge in [-0.3, -0.25) is 9.78 Å². The van der Waals surface area contributed by atoms with Gasteiger partial charge >= 0.3 is 0 Å². The summed E-state index contributed by atoms with van der Waals surface area (Å²) in [5, 5.41) is 2.97. The summed E-state index contributed by atoms with van der Waals surface area (Å²) in [6.45, 7) is 0.252. The number of fused-ring (bicyclic) bond motifs is 1. The van der Waals surface area contributed by atoms with Crippen LogP contribution in [-0.4, -0.2) is 21.5 Å². The Morgan fingerprint density at radius 1 is 1.30 bits per heavy atom. The van der Waals surface area contributed by atoms with Crippen LogP contribution in [0.2, 0.25) is 0 Å². The number of benzene rings is 1. The normalized spacial score (nSPS) is 14.1. The van der Waals surface area contributed by atoms with Gasteiger partial charge < -0.3 is 9.88 Å². The Bertz CT molecular complexity index is 883. The van der Waals surface area contributed by atoms with Crippen molar-refractivity contribution in [3.8, 4) is 11.1 Å². The Labute approximate surface area is 133 Å². The zero-order valence-electron chi connectivity index (χ0n) is 12.5. The van der Waals surface area contributed by atoms with Crippen LogP contribution < -0.4 is 5.32 Å². The van der Waals surface area contributed by atoms with E-state index in [4.69, 9.17) is 0 Å². The van der Waals surface area contributed by atoms with Gasteiger partial charge in [-0.25, -0.2) is 4.39 Å². The molecule has 0 unspecified atom stereocenters. The van der Waals surface area contributed by atoms with E-state index in [1.54, 1.807) is 24.4 Å². The van der Waals surface area contributed by atoms with Gasteiger partial charge in [-0.1, -0.05) is 18.2 Å². The van der Waals surface area contributed by atoms with E-state index in [2.05, 4.69) is 10.3 Å². The predicted molar refractivity (Wildman–Crippen MR) is 86.3 cm³/mol. The SMILES string of the molecule is O=C(Cn1ccc2ncc(-c3ccccc3F)cc21)NC1CC1. The van der Waals surface area contributed by atoms with Gasteiger partial charge in [0.05, 0.1) is 11.0 Å². The Morgan fingerprint density at radius 3 is 2.91 bits per heavy atom. The van der Waals surface area contributed by atoms with E-state index in [0.29, 0.717) is 17.2 Å². The van der Waals surface area contributed by atoms with Crippen molar-refractivity contribution in [2.24, 2.45) is 0 Å². The summed E-state index contributed by atoms with van der Waals surface area (Å²) in [5.74, 6) is -0.278. The highest BCUT2D eigenvalue weighted by Crippen LogP contribution is 2.25. The number of rotatable bonds is 4. The van der Waals surface area contributed by atoms with Crippen LogP contribution in [0.3, 0.4) is 0 Å². The minimum Gasteiger partial charge on any atom is -0.352 e. The van der Waals surface area contributed by atoms with Crippen molar-refractivity contribution >= 4 is 16.9 Å². The fourth-order valence-electron chi connectivity index (χ4n) is 2.70. The largest absolute Gasteiger partial charge is 0.352 e. The third-order valence-electron chi connectivity index (χ3n) is 4.06. The molecule has 1 amide bonds. The maximum Gasteiger partial charge on any atom is 0.240 e. The molecule has 116 valence electrons. The lowest BCUT2D eigenvalue weighted by molar-refractivity contribution is -0.121. The van der Waals surface area contributed by atoms with Gasteiger partial charge in [-0.05, 0) is 31.0 Å². The fourth-order valence-corrected chi connectivity index (χ4v) is 2.70. The number of aromatic nitrogens is 2. The number of hydrogen-bond acceptors (Lipinski definition) is 2. The Kier molecular flexibility index (Phi) is 3.33. The Balaban J connectivity index is 1.68. The highest BCUT2D eigenvalue weighted by Gasteiger charge is 2.23. The molecule has 5 heteroatoms. The van der Waals surface area contributed by atoms with Crippen LogP contribution in [0.4, 0.5) is 4.39 Å². The average Bonchev–Trinajstić information content (AvgIpc) is 3.27. The molecule has 1 saturated carbocycles. The van der Waals surface area contributed by atoms with E-state index in [9.17, 15) is 9.18 Å². The molecule has 1 aliphatic carbocycles. The van der Waals surface area contributed by atoms with E-state index >= 15 is 0 Å². The van der Waals surface area contributed by atoms with Crippen molar-refractivity contribution in [1.29, 1.82) is 0 Å². The molecule has 0 spiro atoms. The summed E-state index contributed by atoms with van der Waals surface area (Å²) in [7, 11) is 0. The smallest absolute Gasteiger partial charge is 0.240 e. The van der Waals surface area contributed by atoms with Gasteiger partial charge in [0.25, 0.3) is 0 Å². The molecule has 0 radical (unpaired) electrons. The molecule has 23 heavy (non-hydrogen) atoms. The lowest BCUT2D eigenvalue weighted by Crippen LogP contribution is -2.29. The Hall–Kier alpha value is -2.69. The Morgan fingerprint density at radius 2 is 2.13 bits per heavy atom. The second-order valence-electron chi connectivity index (χ2n) is 5.89. The summed E-state index contributed by atoms with van der Waals surface area (Å²) in [6, 6.07) is 10.7. The van der Waals surface area contributed by atoms with Gasteiger partial charge in [0.2, 0.25) is 5.91 Å². The number of carbonyl (C=O) groups excluding carboxylic acids is 1. The first-order valence-electron chi connectivity index (χ1n) is 7.70. The molecule has 0 atom stereocenters. The number of pyridine rings is 1. The van der Waals surface area contributed by atoms with Crippen molar-refractivity contribution < 1.29 is 9.18 Å². The van der Waals surface area contributed by atoms with Crippen LogP contribution in [0.1, 0.15) is 12.8 Å². The van der Waals surface area contributed by atoms with E-state index in [1.807, 2.05) is 22.9 Å². The second kappa shape index (κ2) is 5.50. The molecular weight excluding hydrogens is 293 g/mol. The monoisotopic (exact) mass is 309 g/mol. The first kappa shape index (κ1) is 13.9. The van der Waals surface area contributed by atoms with Crippen LogP contribution in [0.15, 0.2) is 48.8 Å². The van der Waals surface area contributed by atoms with E-state index in [-0.39, 0.29) is 18.3 Å². The minimum atomic E-state index is -0.279. The highest BCUT2D eigenvalue weighted by molar-refractivity contribution is 5.84. The molecule has 1 fully saturated rings. The van der Waals surface area contributed by atoms with Crippen LogP contribution in [0, 0.1) is 5.82 Å². The quantitative estimate of drug-likeness (QED) is 0.805. The first-order chi connectivity index (χ1) is 11.2. The van der Waals surface area contributed by atoms with Gasteiger partial charge in [-0.15, -0.1) is 0 Å². The maximum atomic E-state index is 14.0. The number of carbonyl (C=O) groups is 1. The van der Waals surface area contributed by atoms with Crippen LogP contribution in [0.5, 0.6) is 0 Å². The summed E-state index contributed by atoms with van der Waals surface area (Å²) >= 11 is 0. The minimum absolute atomic E-state index is 0.00120.